The monoisotopic (exact) mass is 311 g/mol. The van der Waals surface area contributed by atoms with Crippen molar-refractivity contribution in [1.82, 2.24) is 9.80 Å². The molecule has 0 unspecified atom stereocenters. The van der Waals surface area contributed by atoms with E-state index in [1.807, 2.05) is 25.1 Å². The number of thiocarbonyl (C=S) groups is 1. The van der Waals surface area contributed by atoms with Crippen LogP contribution < -0.4 is 5.32 Å². The summed E-state index contributed by atoms with van der Waals surface area (Å²) in [6, 6.07) is 6.40. The second-order valence-corrected chi connectivity index (χ2v) is 6.30. The van der Waals surface area contributed by atoms with E-state index >= 15 is 0 Å². The molecule has 0 aromatic heterocycles. The Morgan fingerprint density at radius 1 is 1.35 bits per heavy atom. The quantitative estimate of drug-likeness (QED) is 0.839. The van der Waals surface area contributed by atoms with Gasteiger partial charge in [0.05, 0.1) is 6.67 Å². The second kappa shape index (κ2) is 6.74. The van der Waals surface area contributed by atoms with E-state index in [0.717, 1.165) is 47.6 Å². The van der Waals surface area contributed by atoms with Crippen LogP contribution in [-0.4, -0.2) is 40.7 Å². The molecule has 5 heteroatoms. The smallest absolute Gasteiger partial charge is 0.174 e. The van der Waals surface area contributed by atoms with E-state index in [9.17, 15) is 0 Å². The van der Waals surface area contributed by atoms with Gasteiger partial charge in [0.15, 0.2) is 5.11 Å². The van der Waals surface area contributed by atoms with Gasteiger partial charge in [-0.25, -0.2) is 0 Å². The number of rotatable bonds is 2. The number of halogens is 1. The van der Waals surface area contributed by atoms with E-state index in [4.69, 9.17) is 23.8 Å². The van der Waals surface area contributed by atoms with E-state index in [2.05, 4.69) is 29.0 Å². The van der Waals surface area contributed by atoms with Crippen molar-refractivity contribution in [3.63, 3.8) is 0 Å². The predicted octanol–water partition coefficient (Wildman–Crippen LogP) is 3.72. The van der Waals surface area contributed by atoms with Gasteiger partial charge in [-0.1, -0.05) is 17.7 Å². The lowest BCUT2D eigenvalue weighted by Crippen LogP contribution is -2.51. The third kappa shape index (κ3) is 3.62. The summed E-state index contributed by atoms with van der Waals surface area (Å²) < 4.78 is 0. The summed E-state index contributed by atoms with van der Waals surface area (Å²) >= 11 is 11.7. The van der Waals surface area contributed by atoms with Crippen LogP contribution in [0.25, 0.3) is 0 Å². The Morgan fingerprint density at radius 2 is 2.10 bits per heavy atom. The van der Waals surface area contributed by atoms with E-state index in [1.165, 1.54) is 0 Å². The number of nitrogens with one attached hydrogen (secondary N) is 1. The van der Waals surface area contributed by atoms with Crippen molar-refractivity contribution in [2.45, 2.75) is 33.2 Å². The molecule has 110 valence electrons. The van der Waals surface area contributed by atoms with Gasteiger partial charge in [0.1, 0.15) is 0 Å². The molecule has 0 radical (unpaired) electrons. The topological polar surface area (TPSA) is 18.5 Å². The molecule has 0 atom stereocenters. The van der Waals surface area contributed by atoms with Crippen molar-refractivity contribution in [1.29, 1.82) is 0 Å². The van der Waals surface area contributed by atoms with Crippen molar-refractivity contribution >= 4 is 34.6 Å². The first-order chi connectivity index (χ1) is 9.49. The molecular weight excluding hydrogens is 290 g/mol. The Bertz CT molecular complexity index is 490. The van der Waals surface area contributed by atoms with Gasteiger partial charge in [-0.05, 0) is 57.1 Å². The van der Waals surface area contributed by atoms with Crippen LogP contribution in [0.5, 0.6) is 0 Å². The maximum atomic E-state index is 6.14. The molecule has 1 aliphatic rings. The van der Waals surface area contributed by atoms with Crippen LogP contribution in [0.15, 0.2) is 18.2 Å². The minimum atomic E-state index is 0.550. The minimum absolute atomic E-state index is 0.550. The lowest BCUT2D eigenvalue weighted by atomic mass is 10.2. The Kier molecular flexibility index (Phi) is 5.24. The second-order valence-electron chi connectivity index (χ2n) is 5.51. The van der Waals surface area contributed by atoms with E-state index in [-0.39, 0.29) is 0 Å². The van der Waals surface area contributed by atoms with Gasteiger partial charge in [0.2, 0.25) is 0 Å². The fraction of sp³-hybridized carbons (Fsp3) is 0.533. The van der Waals surface area contributed by atoms with Crippen molar-refractivity contribution in [2.75, 3.05) is 25.1 Å². The first-order valence-electron chi connectivity index (χ1n) is 7.04. The van der Waals surface area contributed by atoms with E-state index < -0.39 is 0 Å². The molecule has 20 heavy (non-hydrogen) atoms. The maximum Gasteiger partial charge on any atom is 0.174 e. The number of anilines is 1. The summed E-state index contributed by atoms with van der Waals surface area (Å²) in [4.78, 5) is 4.65. The van der Waals surface area contributed by atoms with Crippen LogP contribution in [0.4, 0.5) is 5.69 Å². The zero-order chi connectivity index (χ0) is 14.7. The molecule has 0 aliphatic carbocycles. The van der Waals surface area contributed by atoms with Gasteiger partial charge < -0.3 is 10.2 Å². The summed E-state index contributed by atoms with van der Waals surface area (Å²) in [6.45, 7) is 9.50. The highest BCUT2D eigenvalue weighted by Crippen LogP contribution is 2.23. The van der Waals surface area contributed by atoms with Crippen LogP contribution in [0.3, 0.4) is 0 Å². The van der Waals surface area contributed by atoms with Crippen molar-refractivity contribution < 1.29 is 0 Å². The van der Waals surface area contributed by atoms with Gasteiger partial charge in [-0.2, -0.15) is 0 Å². The van der Waals surface area contributed by atoms with Crippen LogP contribution in [0, 0.1) is 6.92 Å². The molecule has 1 aromatic carbocycles. The van der Waals surface area contributed by atoms with E-state index in [0.29, 0.717) is 6.04 Å². The standard InChI is InChI=1S/C15H22ClN3S/c1-11(2)18-8-5-9-19(10-18)15(20)17-14-7-4-6-13(16)12(14)3/h4,6-7,11H,5,8-10H2,1-3H3,(H,17,20). The van der Waals surface area contributed by atoms with Crippen LogP contribution in [0.1, 0.15) is 25.8 Å². The van der Waals surface area contributed by atoms with E-state index in [1.54, 1.807) is 0 Å². The zero-order valence-corrected chi connectivity index (χ0v) is 13.9. The molecular formula is C15H22ClN3S. The maximum absolute atomic E-state index is 6.14. The molecule has 1 aromatic rings. The van der Waals surface area contributed by atoms with Crippen molar-refractivity contribution in [3.05, 3.63) is 28.8 Å². The normalized spacial score (nSPS) is 16.6. The van der Waals surface area contributed by atoms with Crippen molar-refractivity contribution in [2.24, 2.45) is 0 Å². The summed E-state index contributed by atoms with van der Waals surface area (Å²) in [6.07, 6.45) is 1.15. The third-order valence-electron chi connectivity index (χ3n) is 3.75. The molecule has 1 N–H and O–H groups in total. The largest absolute Gasteiger partial charge is 0.336 e. The SMILES string of the molecule is Cc1c(Cl)cccc1NC(=S)N1CCCN(C(C)C)C1. The Hall–Kier alpha value is -0.840. The fourth-order valence-corrected chi connectivity index (χ4v) is 2.78. The molecule has 0 spiro atoms. The summed E-state index contributed by atoms with van der Waals surface area (Å²) in [5, 5.41) is 4.87. The molecule has 3 nitrogen and oxygen atoms in total. The fourth-order valence-electron chi connectivity index (χ4n) is 2.35. The summed E-state index contributed by atoms with van der Waals surface area (Å²) in [7, 11) is 0. The van der Waals surface area contributed by atoms with Crippen LogP contribution >= 0.6 is 23.8 Å². The first kappa shape index (κ1) is 15.5. The first-order valence-corrected chi connectivity index (χ1v) is 7.82. The predicted molar refractivity (Wildman–Crippen MR) is 90.4 cm³/mol. The lowest BCUT2D eigenvalue weighted by molar-refractivity contribution is 0.110. The zero-order valence-electron chi connectivity index (χ0n) is 12.3. The Labute approximate surface area is 131 Å². The average molecular weight is 312 g/mol. The van der Waals surface area contributed by atoms with Crippen LogP contribution in [0.2, 0.25) is 5.02 Å². The number of hydrogen-bond acceptors (Lipinski definition) is 2. The van der Waals surface area contributed by atoms with Gasteiger partial charge in [0, 0.05) is 29.8 Å². The molecule has 1 aliphatic heterocycles. The highest BCUT2D eigenvalue weighted by molar-refractivity contribution is 7.80. The average Bonchev–Trinajstić information content (AvgIpc) is 2.44. The minimum Gasteiger partial charge on any atom is -0.336 e. The highest BCUT2D eigenvalue weighted by atomic mass is 35.5. The van der Waals surface area contributed by atoms with Gasteiger partial charge in [-0.3, -0.25) is 4.90 Å². The number of benzene rings is 1. The van der Waals surface area contributed by atoms with Gasteiger partial charge in [0.25, 0.3) is 0 Å². The number of nitrogens with zero attached hydrogens (tertiary/aromatic N) is 2. The Morgan fingerprint density at radius 3 is 2.80 bits per heavy atom. The molecule has 1 saturated heterocycles. The molecule has 1 fully saturated rings. The lowest BCUT2D eigenvalue weighted by Gasteiger charge is -2.39. The van der Waals surface area contributed by atoms with Crippen LogP contribution in [-0.2, 0) is 0 Å². The molecule has 0 saturated carbocycles. The summed E-state index contributed by atoms with van der Waals surface area (Å²) in [5.41, 5.74) is 2.03. The third-order valence-corrected chi connectivity index (χ3v) is 4.52. The molecule has 2 rings (SSSR count). The molecule has 0 amide bonds. The summed E-state index contributed by atoms with van der Waals surface area (Å²) in [5.74, 6) is 0. The van der Waals surface area contributed by atoms with Gasteiger partial charge >= 0.3 is 0 Å². The number of hydrogen-bond donors (Lipinski definition) is 1. The van der Waals surface area contributed by atoms with Crippen molar-refractivity contribution in [3.8, 4) is 0 Å². The highest BCUT2D eigenvalue weighted by Gasteiger charge is 2.21. The Balaban J connectivity index is 2.03. The molecule has 1 heterocycles. The van der Waals surface area contributed by atoms with Gasteiger partial charge in [-0.15, -0.1) is 0 Å². The molecule has 0 bridgehead atoms.